The Balaban J connectivity index is 2.74. The summed E-state index contributed by atoms with van der Waals surface area (Å²) in [7, 11) is 1.35. The number of esters is 1. The normalized spacial score (nSPS) is 11.0. The summed E-state index contributed by atoms with van der Waals surface area (Å²) >= 11 is 3.40. The van der Waals surface area contributed by atoms with Gasteiger partial charge >= 0.3 is 5.97 Å². The lowest BCUT2D eigenvalue weighted by atomic mass is 10.3. The van der Waals surface area contributed by atoms with Crippen LogP contribution in [0.1, 0.15) is 6.92 Å². The highest BCUT2D eigenvalue weighted by molar-refractivity contribution is 9.10. The summed E-state index contributed by atoms with van der Waals surface area (Å²) in [6, 6.07) is 7.68. The highest BCUT2D eigenvalue weighted by atomic mass is 79.9. The Labute approximate surface area is 97.3 Å². The van der Waals surface area contributed by atoms with Gasteiger partial charge in [0.05, 0.1) is 12.8 Å². The third-order valence-electron chi connectivity index (χ3n) is 1.74. The number of halogens is 1. The van der Waals surface area contributed by atoms with E-state index in [0.717, 1.165) is 15.9 Å². The van der Waals surface area contributed by atoms with Crippen LogP contribution in [0.25, 0.3) is 0 Å². The Kier molecular flexibility index (Phi) is 4.37. The maximum Gasteiger partial charge on any atom is 0.332 e. The van der Waals surface area contributed by atoms with Crippen LogP contribution in [-0.4, -0.2) is 13.1 Å². The molecule has 15 heavy (non-hydrogen) atoms. The van der Waals surface area contributed by atoms with Gasteiger partial charge in [-0.1, -0.05) is 12.1 Å². The van der Waals surface area contributed by atoms with Crippen molar-refractivity contribution in [1.29, 1.82) is 0 Å². The summed E-state index contributed by atoms with van der Waals surface area (Å²) in [5.41, 5.74) is 1.64. The predicted octanol–water partition coefficient (Wildman–Crippen LogP) is 2.94. The van der Waals surface area contributed by atoms with Gasteiger partial charge in [-0.25, -0.2) is 4.79 Å². The fraction of sp³-hybridized carbons (Fsp3) is 0.182. The molecule has 0 aliphatic heterocycles. The van der Waals surface area contributed by atoms with Crippen molar-refractivity contribution >= 4 is 27.6 Å². The van der Waals surface area contributed by atoms with Crippen LogP contribution in [-0.2, 0) is 9.53 Å². The second kappa shape index (κ2) is 5.56. The molecule has 0 amide bonds. The standard InChI is InChI=1S/C11H12BrNO2/c1-8(7-11(14)15-2)13-10-6-4-3-5-9(10)12/h3-7,13H,1-2H3/b8-7-. The SMILES string of the molecule is COC(=O)/C=C(/C)Nc1ccccc1Br. The molecule has 4 heteroatoms. The van der Waals surface area contributed by atoms with E-state index < -0.39 is 0 Å². The maximum absolute atomic E-state index is 10.9. The number of hydrogen-bond acceptors (Lipinski definition) is 3. The van der Waals surface area contributed by atoms with E-state index in [1.807, 2.05) is 24.3 Å². The first-order chi connectivity index (χ1) is 7.13. The van der Waals surface area contributed by atoms with Crippen LogP contribution in [0.15, 0.2) is 40.5 Å². The summed E-state index contributed by atoms with van der Waals surface area (Å²) in [5, 5.41) is 3.09. The van der Waals surface area contributed by atoms with Gasteiger partial charge in [0.2, 0.25) is 0 Å². The number of methoxy groups -OCH3 is 1. The Morgan fingerprint density at radius 2 is 2.13 bits per heavy atom. The Hall–Kier alpha value is -1.29. The second-order valence-electron chi connectivity index (χ2n) is 2.96. The van der Waals surface area contributed by atoms with Crippen molar-refractivity contribution in [2.75, 3.05) is 12.4 Å². The molecule has 0 aliphatic carbocycles. The van der Waals surface area contributed by atoms with Crippen LogP contribution >= 0.6 is 15.9 Å². The maximum atomic E-state index is 10.9. The predicted molar refractivity (Wildman–Crippen MR) is 63.5 cm³/mol. The zero-order chi connectivity index (χ0) is 11.3. The lowest BCUT2D eigenvalue weighted by Crippen LogP contribution is -2.02. The molecular weight excluding hydrogens is 258 g/mol. The molecule has 1 aromatic carbocycles. The summed E-state index contributed by atoms with van der Waals surface area (Å²) in [6.07, 6.45) is 1.40. The molecule has 1 rings (SSSR count). The number of allylic oxidation sites excluding steroid dienone is 1. The Bertz CT molecular complexity index is 388. The number of carbonyl (C=O) groups is 1. The molecule has 0 fully saturated rings. The topological polar surface area (TPSA) is 38.3 Å². The number of para-hydroxylation sites is 1. The number of carbonyl (C=O) groups excluding carboxylic acids is 1. The third kappa shape index (κ3) is 3.75. The number of ether oxygens (including phenoxy) is 1. The second-order valence-corrected chi connectivity index (χ2v) is 3.81. The molecule has 0 unspecified atom stereocenters. The average molecular weight is 270 g/mol. The first-order valence-corrected chi connectivity index (χ1v) is 5.20. The summed E-state index contributed by atoms with van der Waals surface area (Å²) in [4.78, 5) is 10.9. The monoisotopic (exact) mass is 269 g/mol. The van der Waals surface area contributed by atoms with Gasteiger partial charge in [-0.3, -0.25) is 0 Å². The smallest absolute Gasteiger partial charge is 0.332 e. The minimum Gasteiger partial charge on any atom is -0.466 e. The van der Waals surface area contributed by atoms with Crippen molar-refractivity contribution in [3.8, 4) is 0 Å². The number of rotatable bonds is 3. The van der Waals surface area contributed by atoms with Crippen molar-refractivity contribution in [3.63, 3.8) is 0 Å². The quantitative estimate of drug-likeness (QED) is 0.678. The summed E-state index contributed by atoms with van der Waals surface area (Å²) < 4.78 is 5.47. The Morgan fingerprint density at radius 3 is 2.73 bits per heavy atom. The van der Waals surface area contributed by atoms with Gasteiger partial charge in [0.1, 0.15) is 0 Å². The van der Waals surface area contributed by atoms with Gasteiger partial charge in [0.25, 0.3) is 0 Å². The van der Waals surface area contributed by atoms with Crippen LogP contribution < -0.4 is 5.32 Å². The van der Waals surface area contributed by atoms with E-state index in [-0.39, 0.29) is 5.97 Å². The number of nitrogens with one attached hydrogen (secondary N) is 1. The van der Waals surface area contributed by atoms with Crippen molar-refractivity contribution < 1.29 is 9.53 Å². The van der Waals surface area contributed by atoms with Gasteiger partial charge in [-0.15, -0.1) is 0 Å². The molecule has 0 aliphatic rings. The zero-order valence-corrected chi connectivity index (χ0v) is 10.2. The van der Waals surface area contributed by atoms with Gasteiger partial charge in [-0.2, -0.15) is 0 Å². The molecule has 0 spiro atoms. The van der Waals surface area contributed by atoms with Gasteiger partial charge in [-0.05, 0) is 35.0 Å². The molecule has 1 N–H and O–H groups in total. The first kappa shape index (κ1) is 11.8. The highest BCUT2D eigenvalue weighted by Crippen LogP contribution is 2.22. The molecular formula is C11H12BrNO2. The van der Waals surface area contributed by atoms with Gasteiger partial charge in [0, 0.05) is 16.2 Å². The van der Waals surface area contributed by atoms with E-state index in [2.05, 4.69) is 26.0 Å². The third-order valence-corrected chi connectivity index (χ3v) is 2.43. The molecule has 0 aromatic heterocycles. The number of anilines is 1. The van der Waals surface area contributed by atoms with Crippen LogP contribution in [0, 0.1) is 0 Å². The summed E-state index contributed by atoms with van der Waals surface area (Å²) in [5.74, 6) is -0.368. The molecule has 3 nitrogen and oxygen atoms in total. The molecule has 0 heterocycles. The first-order valence-electron chi connectivity index (χ1n) is 4.41. The van der Waals surface area contributed by atoms with E-state index in [4.69, 9.17) is 0 Å². The largest absolute Gasteiger partial charge is 0.466 e. The molecule has 0 radical (unpaired) electrons. The zero-order valence-electron chi connectivity index (χ0n) is 8.58. The van der Waals surface area contributed by atoms with Crippen molar-refractivity contribution in [2.24, 2.45) is 0 Å². The number of benzene rings is 1. The average Bonchev–Trinajstić information content (AvgIpc) is 2.21. The van der Waals surface area contributed by atoms with E-state index in [1.165, 1.54) is 13.2 Å². The molecule has 1 aromatic rings. The molecule has 0 saturated heterocycles. The van der Waals surface area contributed by atoms with E-state index in [0.29, 0.717) is 0 Å². The molecule has 0 bridgehead atoms. The van der Waals surface area contributed by atoms with Crippen LogP contribution in [0.3, 0.4) is 0 Å². The Morgan fingerprint density at radius 1 is 1.47 bits per heavy atom. The molecule has 0 saturated carbocycles. The van der Waals surface area contributed by atoms with Gasteiger partial charge < -0.3 is 10.1 Å². The molecule has 0 atom stereocenters. The summed E-state index contributed by atoms with van der Waals surface area (Å²) in [6.45, 7) is 1.80. The lowest BCUT2D eigenvalue weighted by Gasteiger charge is -2.07. The fourth-order valence-corrected chi connectivity index (χ4v) is 1.43. The van der Waals surface area contributed by atoms with E-state index in [9.17, 15) is 4.79 Å². The highest BCUT2D eigenvalue weighted by Gasteiger charge is 2.00. The minimum atomic E-state index is -0.368. The van der Waals surface area contributed by atoms with Crippen LogP contribution in [0.4, 0.5) is 5.69 Å². The van der Waals surface area contributed by atoms with Crippen LogP contribution in [0.2, 0.25) is 0 Å². The van der Waals surface area contributed by atoms with E-state index in [1.54, 1.807) is 6.92 Å². The van der Waals surface area contributed by atoms with Crippen LogP contribution in [0.5, 0.6) is 0 Å². The van der Waals surface area contributed by atoms with E-state index >= 15 is 0 Å². The van der Waals surface area contributed by atoms with Gasteiger partial charge in [0.15, 0.2) is 0 Å². The van der Waals surface area contributed by atoms with Crippen molar-refractivity contribution in [3.05, 3.63) is 40.5 Å². The number of hydrogen-bond donors (Lipinski definition) is 1. The minimum absolute atomic E-state index is 0.368. The lowest BCUT2D eigenvalue weighted by molar-refractivity contribution is -0.134. The molecule has 80 valence electrons. The van der Waals surface area contributed by atoms with Crippen molar-refractivity contribution in [2.45, 2.75) is 6.92 Å². The van der Waals surface area contributed by atoms with Crippen molar-refractivity contribution in [1.82, 2.24) is 0 Å². The fourth-order valence-electron chi connectivity index (χ4n) is 1.05.